The van der Waals surface area contributed by atoms with Gasteiger partial charge in [-0.1, -0.05) is 0 Å². The van der Waals surface area contributed by atoms with Crippen LogP contribution in [0.3, 0.4) is 0 Å². The molecule has 0 spiro atoms. The minimum atomic E-state index is -0.523. The fourth-order valence-corrected chi connectivity index (χ4v) is 1.71. The Morgan fingerprint density at radius 2 is 2.29 bits per heavy atom. The second-order valence-corrected chi connectivity index (χ2v) is 3.77. The van der Waals surface area contributed by atoms with Crippen molar-refractivity contribution in [2.75, 3.05) is 0 Å². The van der Waals surface area contributed by atoms with Crippen LogP contribution in [0.15, 0.2) is 12.1 Å². The van der Waals surface area contributed by atoms with E-state index in [1.807, 2.05) is 28.7 Å². The summed E-state index contributed by atoms with van der Waals surface area (Å²) in [6.45, 7) is -0.00384. The van der Waals surface area contributed by atoms with E-state index < -0.39 is 4.92 Å². The van der Waals surface area contributed by atoms with Gasteiger partial charge in [0.05, 0.1) is 22.1 Å². The summed E-state index contributed by atoms with van der Waals surface area (Å²) in [4.78, 5) is 10.1. The molecular weight excluding hydrogens is 297 g/mol. The van der Waals surface area contributed by atoms with Crippen molar-refractivity contribution < 1.29 is 4.92 Å². The summed E-state index contributed by atoms with van der Waals surface area (Å²) >= 11 is 1.92. The van der Waals surface area contributed by atoms with E-state index in [0.29, 0.717) is 3.57 Å². The maximum Gasteiger partial charge on any atom is 0.276 e. The van der Waals surface area contributed by atoms with E-state index in [1.54, 1.807) is 6.07 Å². The minimum Gasteiger partial charge on any atom is -0.326 e. The van der Waals surface area contributed by atoms with Gasteiger partial charge in [0.15, 0.2) is 0 Å². The summed E-state index contributed by atoms with van der Waals surface area (Å²) in [5, 5.41) is 19.4. The first-order valence-electron chi connectivity index (χ1n) is 3.67. The maximum absolute atomic E-state index is 10.6. The lowest BCUT2D eigenvalue weighted by atomic mass is 10.1. The Hall–Kier alpha value is -1.20. The maximum atomic E-state index is 10.6. The van der Waals surface area contributed by atoms with Crippen molar-refractivity contribution in [3.63, 3.8) is 0 Å². The van der Waals surface area contributed by atoms with Crippen molar-refractivity contribution in [1.29, 1.82) is 5.26 Å². The zero-order chi connectivity index (χ0) is 10.7. The molecule has 0 aromatic heterocycles. The highest BCUT2D eigenvalue weighted by Crippen LogP contribution is 2.24. The van der Waals surface area contributed by atoms with Crippen LogP contribution in [0.25, 0.3) is 0 Å². The van der Waals surface area contributed by atoms with Crippen LogP contribution < -0.4 is 5.73 Å². The molecule has 0 amide bonds. The van der Waals surface area contributed by atoms with E-state index >= 15 is 0 Å². The van der Waals surface area contributed by atoms with Crippen LogP contribution >= 0.6 is 22.6 Å². The van der Waals surface area contributed by atoms with E-state index in [0.717, 1.165) is 0 Å². The first-order chi connectivity index (χ1) is 6.60. The molecule has 0 atom stereocenters. The zero-order valence-electron chi connectivity index (χ0n) is 7.03. The third-order valence-corrected chi connectivity index (χ3v) is 2.34. The molecule has 0 saturated carbocycles. The lowest BCUT2D eigenvalue weighted by Gasteiger charge is -2.02. The van der Waals surface area contributed by atoms with Crippen LogP contribution in [-0.4, -0.2) is 4.92 Å². The summed E-state index contributed by atoms with van der Waals surface area (Å²) in [7, 11) is 0. The summed E-state index contributed by atoms with van der Waals surface area (Å²) < 4.78 is 0.656. The van der Waals surface area contributed by atoms with Crippen molar-refractivity contribution in [2.24, 2.45) is 5.73 Å². The fourth-order valence-electron chi connectivity index (χ4n) is 1.10. The average Bonchev–Trinajstić information content (AvgIpc) is 2.16. The summed E-state index contributed by atoms with van der Waals surface area (Å²) in [5.41, 5.74) is 5.83. The molecule has 0 saturated heterocycles. The zero-order valence-corrected chi connectivity index (χ0v) is 9.19. The summed E-state index contributed by atoms with van der Waals surface area (Å²) in [6.07, 6.45) is 0. The molecule has 0 fully saturated rings. The molecule has 0 aliphatic rings. The van der Waals surface area contributed by atoms with Crippen molar-refractivity contribution in [2.45, 2.75) is 6.54 Å². The minimum absolute atomic E-state index is 0.00384. The van der Waals surface area contributed by atoms with Gasteiger partial charge in [-0.15, -0.1) is 0 Å². The molecule has 14 heavy (non-hydrogen) atoms. The van der Waals surface area contributed by atoms with Gasteiger partial charge in [0, 0.05) is 16.2 Å². The average molecular weight is 303 g/mol. The van der Waals surface area contributed by atoms with Gasteiger partial charge in [0.2, 0.25) is 0 Å². The fraction of sp³-hybridized carbons (Fsp3) is 0.125. The number of rotatable bonds is 2. The Labute approximate surface area is 93.8 Å². The first-order valence-corrected chi connectivity index (χ1v) is 4.75. The molecule has 1 aromatic rings. The highest BCUT2D eigenvalue weighted by molar-refractivity contribution is 14.1. The Bertz CT molecular complexity index is 425. The Balaban J connectivity index is 3.49. The lowest BCUT2D eigenvalue weighted by Crippen LogP contribution is -2.05. The van der Waals surface area contributed by atoms with Gasteiger partial charge < -0.3 is 5.73 Å². The van der Waals surface area contributed by atoms with Gasteiger partial charge in [-0.3, -0.25) is 10.1 Å². The van der Waals surface area contributed by atoms with Gasteiger partial charge in [0.1, 0.15) is 0 Å². The predicted octanol–water partition coefficient (Wildman–Crippen LogP) is 1.53. The molecule has 0 heterocycles. The molecule has 0 radical (unpaired) electrons. The number of nitrogens with zero attached hydrogens (tertiary/aromatic N) is 2. The van der Waals surface area contributed by atoms with Crippen molar-refractivity contribution >= 4 is 28.3 Å². The number of hydrogen-bond acceptors (Lipinski definition) is 4. The van der Waals surface area contributed by atoms with E-state index in [4.69, 9.17) is 11.0 Å². The number of nitriles is 1. The number of hydrogen-bond donors (Lipinski definition) is 1. The quantitative estimate of drug-likeness (QED) is 0.509. The molecule has 0 aliphatic heterocycles. The van der Waals surface area contributed by atoms with Crippen LogP contribution in [0.1, 0.15) is 11.1 Å². The van der Waals surface area contributed by atoms with Crippen LogP contribution in [-0.2, 0) is 6.54 Å². The summed E-state index contributed by atoms with van der Waals surface area (Å²) in [6, 6.07) is 4.88. The topological polar surface area (TPSA) is 92.9 Å². The van der Waals surface area contributed by atoms with Crippen LogP contribution in [0.4, 0.5) is 5.69 Å². The molecule has 0 aliphatic carbocycles. The third kappa shape index (κ3) is 2.00. The van der Waals surface area contributed by atoms with E-state index in [2.05, 4.69) is 0 Å². The van der Waals surface area contributed by atoms with Crippen molar-refractivity contribution in [1.82, 2.24) is 0 Å². The van der Waals surface area contributed by atoms with E-state index in [-0.39, 0.29) is 23.4 Å². The number of halogens is 1. The molecule has 5 nitrogen and oxygen atoms in total. The standard InChI is InChI=1S/C8H6IN3O2/c9-6-1-5(3-10)7(4-11)8(2-6)12(13)14/h1-2H,4,11H2. The molecular formula is C8H6IN3O2. The van der Waals surface area contributed by atoms with Gasteiger partial charge in [-0.2, -0.15) is 5.26 Å². The van der Waals surface area contributed by atoms with E-state index in [9.17, 15) is 10.1 Å². The second kappa shape index (κ2) is 4.34. The summed E-state index contributed by atoms with van der Waals surface area (Å²) in [5.74, 6) is 0. The lowest BCUT2D eigenvalue weighted by molar-refractivity contribution is -0.385. The largest absolute Gasteiger partial charge is 0.326 e. The SMILES string of the molecule is N#Cc1cc(I)cc([N+](=O)[O-])c1CN. The van der Waals surface area contributed by atoms with Crippen molar-refractivity contribution in [3.8, 4) is 6.07 Å². The highest BCUT2D eigenvalue weighted by atomic mass is 127. The smallest absolute Gasteiger partial charge is 0.276 e. The number of nitro groups is 1. The first kappa shape index (κ1) is 10.9. The van der Waals surface area contributed by atoms with Crippen LogP contribution in [0.5, 0.6) is 0 Å². The van der Waals surface area contributed by atoms with Gasteiger partial charge in [-0.25, -0.2) is 0 Å². The molecule has 1 rings (SSSR count). The molecule has 0 bridgehead atoms. The number of nitrogens with two attached hydrogens (primary N) is 1. The van der Waals surface area contributed by atoms with Crippen LogP contribution in [0.2, 0.25) is 0 Å². The second-order valence-electron chi connectivity index (χ2n) is 2.52. The van der Waals surface area contributed by atoms with Gasteiger partial charge in [0.25, 0.3) is 5.69 Å². The Kier molecular flexibility index (Phi) is 3.38. The molecule has 0 unspecified atom stereocenters. The van der Waals surface area contributed by atoms with Crippen LogP contribution in [0, 0.1) is 25.0 Å². The molecule has 1 aromatic carbocycles. The van der Waals surface area contributed by atoms with E-state index in [1.165, 1.54) is 6.07 Å². The third-order valence-electron chi connectivity index (χ3n) is 1.71. The molecule has 2 N–H and O–H groups in total. The predicted molar refractivity (Wildman–Crippen MR) is 58.4 cm³/mol. The number of benzene rings is 1. The highest BCUT2D eigenvalue weighted by Gasteiger charge is 2.17. The van der Waals surface area contributed by atoms with Gasteiger partial charge >= 0.3 is 0 Å². The Morgan fingerprint density at radius 3 is 2.71 bits per heavy atom. The number of nitro benzene ring substituents is 1. The Morgan fingerprint density at radius 1 is 1.64 bits per heavy atom. The normalized spacial score (nSPS) is 9.50. The van der Waals surface area contributed by atoms with Crippen molar-refractivity contribution in [3.05, 3.63) is 36.9 Å². The van der Waals surface area contributed by atoms with Gasteiger partial charge in [-0.05, 0) is 28.7 Å². The molecule has 72 valence electrons. The molecule has 6 heteroatoms. The monoisotopic (exact) mass is 303 g/mol.